The number of ether oxygens (including phenoxy) is 1. The first kappa shape index (κ1) is 12.3. The van der Waals surface area contributed by atoms with Gasteiger partial charge in [0.15, 0.2) is 0 Å². The molecule has 0 saturated carbocycles. The summed E-state index contributed by atoms with van der Waals surface area (Å²) in [7, 11) is 0. The lowest BCUT2D eigenvalue weighted by Gasteiger charge is -2.21. The van der Waals surface area contributed by atoms with Crippen LogP contribution in [-0.4, -0.2) is 23.0 Å². The van der Waals surface area contributed by atoms with E-state index in [9.17, 15) is 9.59 Å². The third-order valence-corrected chi connectivity index (χ3v) is 1.77. The summed E-state index contributed by atoms with van der Waals surface area (Å²) in [6.07, 6.45) is 1.72. The number of aromatic nitrogens is 1. The van der Waals surface area contributed by atoms with Gasteiger partial charge in [0.25, 0.3) is 0 Å². The minimum atomic E-state index is -0.704. The van der Waals surface area contributed by atoms with Gasteiger partial charge in [-0.1, -0.05) is 0 Å². The second-order valence-corrected chi connectivity index (χ2v) is 4.39. The van der Waals surface area contributed by atoms with Gasteiger partial charge in [-0.15, -0.1) is 0 Å². The standard InChI is InChI=1S/C11H16N2O3/c1-11(2,3)16-10(15)13-9(7-14)8-5-4-6-12-8/h4-7,9,12H,1-3H3,(H,13,15). The molecule has 0 fully saturated rings. The smallest absolute Gasteiger partial charge is 0.408 e. The van der Waals surface area contributed by atoms with Crippen molar-refractivity contribution < 1.29 is 14.3 Å². The van der Waals surface area contributed by atoms with Crippen LogP contribution in [-0.2, 0) is 9.53 Å². The van der Waals surface area contributed by atoms with Gasteiger partial charge in [0, 0.05) is 11.9 Å². The predicted molar refractivity (Wildman–Crippen MR) is 59.0 cm³/mol. The third kappa shape index (κ3) is 3.76. The minimum Gasteiger partial charge on any atom is -0.444 e. The summed E-state index contributed by atoms with van der Waals surface area (Å²) in [5.41, 5.74) is 0.0497. The Hall–Kier alpha value is -1.78. The summed E-state index contributed by atoms with van der Waals surface area (Å²) in [6, 6.07) is 2.77. The number of hydrogen-bond donors (Lipinski definition) is 2. The summed E-state index contributed by atoms with van der Waals surface area (Å²) in [6.45, 7) is 5.28. The molecular weight excluding hydrogens is 208 g/mol. The zero-order valence-electron chi connectivity index (χ0n) is 9.61. The van der Waals surface area contributed by atoms with Crippen molar-refractivity contribution in [2.24, 2.45) is 0 Å². The second kappa shape index (κ2) is 4.83. The topological polar surface area (TPSA) is 71.2 Å². The highest BCUT2D eigenvalue weighted by molar-refractivity contribution is 5.74. The monoisotopic (exact) mass is 224 g/mol. The van der Waals surface area contributed by atoms with Crippen LogP contribution in [0.4, 0.5) is 4.79 Å². The molecule has 0 aliphatic carbocycles. The summed E-state index contributed by atoms with van der Waals surface area (Å²) >= 11 is 0. The van der Waals surface area contributed by atoms with Crippen LogP contribution < -0.4 is 5.32 Å². The molecule has 0 spiro atoms. The molecule has 1 aromatic heterocycles. The van der Waals surface area contributed by atoms with Gasteiger partial charge in [-0.3, -0.25) is 0 Å². The average molecular weight is 224 g/mol. The van der Waals surface area contributed by atoms with Gasteiger partial charge in [-0.25, -0.2) is 4.79 Å². The van der Waals surface area contributed by atoms with Gasteiger partial charge in [-0.05, 0) is 32.9 Å². The molecule has 0 aromatic carbocycles. The molecule has 0 aliphatic heterocycles. The van der Waals surface area contributed by atoms with Crippen molar-refractivity contribution in [3.63, 3.8) is 0 Å². The van der Waals surface area contributed by atoms with E-state index in [1.165, 1.54) is 0 Å². The first-order valence-corrected chi connectivity index (χ1v) is 5.00. The zero-order valence-corrected chi connectivity index (χ0v) is 9.61. The van der Waals surface area contributed by atoms with Gasteiger partial charge in [0.2, 0.25) is 0 Å². The molecule has 0 bridgehead atoms. The fourth-order valence-corrected chi connectivity index (χ4v) is 1.16. The van der Waals surface area contributed by atoms with Crippen LogP contribution in [0.2, 0.25) is 0 Å². The molecular formula is C11H16N2O3. The molecule has 88 valence electrons. The van der Waals surface area contributed by atoms with Crippen LogP contribution in [0.25, 0.3) is 0 Å². The van der Waals surface area contributed by atoms with Gasteiger partial charge in [-0.2, -0.15) is 0 Å². The van der Waals surface area contributed by atoms with Crippen LogP contribution in [0.1, 0.15) is 32.5 Å². The summed E-state index contributed by atoms with van der Waals surface area (Å²) in [5, 5.41) is 2.47. The van der Waals surface area contributed by atoms with Crippen molar-refractivity contribution in [1.82, 2.24) is 10.3 Å². The molecule has 0 saturated heterocycles. The summed E-state index contributed by atoms with van der Waals surface area (Å²) in [5.74, 6) is 0. The van der Waals surface area contributed by atoms with Crippen molar-refractivity contribution in [3.8, 4) is 0 Å². The van der Waals surface area contributed by atoms with Crippen molar-refractivity contribution in [1.29, 1.82) is 0 Å². The molecule has 5 heteroatoms. The van der Waals surface area contributed by atoms with E-state index in [2.05, 4.69) is 10.3 Å². The van der Waals surface area contributed by atoms with Crippen LogP contribution >= 0.6 is 0 Å². The Morgan fingerprint density at radius 1 is 1.56 bits per heavy atom. The molecule has 1 atom stereocenters. The molecule has 1 heterocycles. The Labute approximate surface area is 94.2 Å². The Kier molecular flexibility index (Phi) is 3.71. The van der Waals surface area contributed by atoms with Crippen molar-refractivity contribution in [2.45, 2.75) is 32.4 Å². The SMILES string of the molecule is CC(C)(C)OC(=O)NC(C=O)c1ccc[nH]1. The Morgan fingerprint density at radius 2 is 2.25 bits per heavy atom. The number of hydrogen-bond acceptors (Lipinski definition) is 3. The Morgan fingerprint density at radius 3 is 2.69 bits per heavy atom. The quantitative estimate of drug-likeness (QED) is 0.769. The Bertz CT molecular complexity index is 352. The summed E-state index contributed by atoms with van der Waals surface area (Å²) in [4.78, 5) is 25.1. The lowest BCUT2D eigenvalue weighted by molar-refractivity contribution is -0.109. The lowest BCUT2D eigenvalue weighted by atomic mass is 10.2. The fraction of sp³-hybridized carbons (Fsp3) is 0.455. The highest BCUT2D eigenvalue weighted by Crippen LogP contribution is 2.10. The minimum absolute atomic E-state index is 0.576. The molecule has 1 rings (SSSR count). The highest BCUT2D eigenvalue weighted by atomic mass is 16.6. The van der Waals surface area contributed by atoms with E-state index in [1.807, 2.05) is 0 Å². The molecule has 0 radical (unpaired) electrons. The maximum Gasteiger partial charge on any atom is 0.408 e. The van der Waals surface area contributed by atoms with Gasteiger partial charge >= 0.3 is 6.09 Å². The van der Waals surface area contributed by atoms with Crippen LogP contribution in [0.5, 0.6) is 0 Å². The van der Waals surface area contributed by atoms with Crippen LogP contribution in [0.15, 0.2) is 18.3 Å². The molecule has 1 aromatic rings. The van der Waals surface area contributed by atoms with Gasteiger partial charge in [0.05, 0.1) is 0 Å². The Balaban J connectivity index is 2.58. The number of aromatic amines is 1. The number of carbonyl (C=O) groups excluding carboxylic acids is 2. The number of nitrogens with one attached hydrogen (secondary N) is 2. The van der Waals surface area contributed by atoms with E-state index in [0.717, 1.165) is 0 Å². The highest BCUT2D eigenvalue weighted by Gasteiger charge is 2.20. The van der Waals surface area contributed by atoms with E-state index < -0.39 is 17.7 Å². The van der Waals surface area contributed by atoms with Gasteiger partial charge in [0.1, 0.15) is 17.9 Å². The van der Waals surface area contributed by atoms with Crippen molar-refractivity contribution in [2.75, 3.05) is 0 Å². The zero-order chi connectivity index (χ0) is 12.2. The number of alkyl carbamates (subject to hydrolysis) is 1. The van der Waals surface area contributed by atoms with E-state index in [0.29, 0.717) is 12.0 Å². The van der Waals surface area contributed by atoms with Crippen LogP contribution in [0.3, 0.4) is 0 Å². The first-order chi connectivity index (χ1) is 7.42. The largest absolute Gasteiger partial charge is 0.444 e. The molecule has 5 nitrogen and oxygen atoms in total. The lowest BCUT2D eigenvalue weighted by Crippen LogP contribution is -2.35. The normalized spacial score (nSPS) is 12.9. The number of amides is 1. The molecule has 1 amide bonds. The molecule has 2 N–H and O–H groups in total. The number of aldehydes is 1. The van der Waals surface area contributed by atoms with Crippen LogP contribution in [0, 0.1) is 0 Å². The maximum atomic E-state index is 11.4. The predicted octanol–water partition coefficient (Wildman–Crippen LogP) is 1.78. The number of rotatable bonds is 3. The van der Waals surface area contributed by atoms with E-state index >= 15 is 0 Å². The number of carbonyl (C=O) groups is 2. The summed E-state index contributed by atoms with van der Waals surface area (Å²) < 4.78 is 5.05. The first-order valence-electron chi connectivity index (χ1n) is 5.00. The van der Waals surface area contributed by atoms with Crippen molar-refractivity contribution in [3.05, 3.63) is 24.0 Å². The third-order valence-electron chi connectivity index (χ3n) is 1.77. The fourth-order valence-electron chi connectivity index (χ4n) is 1.16. The van der Waals surface area contributed by atoms with Gasteiger partial charge < -0.3 is 19.8 Å². The van der Waals surface area contributed by atoms with E-state index in [4.69, 9.17) is 4.74 Å². The molecule has 1 unspecified atom stereocenters. The average Bonchev–Trinajstić information content (AvgIpc) is 2.63. The molecule has 0 aliphatic rings. The van der Waals surface area contributed by atoms with E-state index in [-0.39, 0.29) is 0 Å². The van der Waals surface area contributed by atoms with E-state index in [1.54, 1.807) is 39.1 Å². The number of H-pyrrole nitrogens is 1. The van der Waals surface area contributed by atoms with Crippen molar-refractivity contribution >= 4 is 12.4 Å². The maximum absolute atomic E-state index is 11.4. The molecule has 16 heavy (non-hydrogen) atoms. The second-order valence-electron chi connectivity index (χ2n) is 4.39.